The molecule has 8 heteroatoms. The van der Waals surface area contributed by atoms with E-state index in [4.69, 9.17) is 4.74 Å². The van der Waals surface area contributed by atoms with Crippen LogP contribution in [0.3, 0.4) is 0 Å². The summed E-state index contributed by atoms with van der Waals surface area (Å²) in [6.07, 6.45) is 0. The molecule has 1 amide bonds. The van der Waals surface area contributed by atoms with Gasteiger partial charge >= 0.3 is 5.97 Å². The van der Waals surface area contributed by atoms with Crippen LogP contribution in [0, 0.1) is 24.0 Å². The van der Waals surface area contributed by atoms with Gasteiger partial charge in [-0.05, 0) is 31.5 Å². The molecule has 142 valence electrons. The first kappa shape index (κ1) is 19.0. The van der Waals surface area contributed by atoms with Crippen LogP contribution in [0.2, 0.25) is 0 Å². The maximum Gasteiger partial charge on any atom is 0.340 e. The molecule has 3 aromatic rings. The normalized spacial score (nSPS) is 10.5. The summed E-state index contributed by atoms with van der Waals surface area (Å²) in [4.78, 5) is 39.4. The molecule has 0 saturated carbocycles. The van der Waals surface area contributed by atoms with E-state index in [2.05, 4.69) is 10.3 Å². The van der Waals surface area contributed by atoms with Crippen molar-refractivity contribution in [2.75, 3.05) is 11.9 Å². The van der Waals surface area contributed by atoms with E-state index < -0.39 is 23.4 Å². The molecule has 2 aromatic carbocycles. The number of benzene rings is 2. The zero-order valence-electron chi connectivity index (χ0n) is 15.3. The summed E-state index contributed by atoms with van der Waals surface area (Å²) in [5.41, 5.74) is 2.08. The number of aromatic nitrogens is 1. The monoisotopic (exact) mass is 379 g/mol. The van der Waals surface area contributed by atoms with Gasteiger partial charge in [-0.15, -0.1) is 0 Å². The van der Waals surface area contributed by atoms with E-state index in [1.54, 1.807) is 19.9 Å². The molecule has 0 fully saturated rings. The van der Waals surface area contributed by atoms with Gasteiger partial charge in [-0.25, -0.2) is 4.79 Å². The lowest BCUT2D eigenvalue weighted by molar-refractivity contribution is -0.383. The third-order valence-electron chi connectivity index (χ3n) is 4.25. The molecular weight excluding hydrogens is 362 g/mol. The van der Waals surface area contributed by atoms with Crippen LogP contribution in [0.25, 0.3) is 10.9 Å². The molecule has 0 saturated heterocycles. The molecule has 1 heterocycles. The molecule has 28 heavy (non-hydrogen) atoms. The lowest BCUT2D eigenvalue weighted by Gasteiger charge is -2.12. The molecular formula is C20H17N3O5. The summed E-state index contributed by atoms with van der Waals surface area (Å²) in [6, 6.07) is 13.1. The van der Waals surface area contributed by atoms with Crippen LogP contribution < -0.4 is 5.32 Å². The molecule has 0 aliphatic rings. The van der Waals surface area contributed by atoms with Gasteiger partial charge in [0.25, 0.3) is 11.6 Å². The van der Waals surface area contributed by atoms with Crippen molar-refractivity contribution in [1.29, 1.82) is 0 Å². The van der Waals surface area contributed by atoms with E-state index >= 15 is 0 Å². The molecule has 0 atom stereocenters. The molecule has 1 aromatic heterocycles. The van der Waals surface area contributed by atoms with Gasteiger partial charge in [-0.3, -0.25) is 19.9 Å². The van der Waals surface area contributed by atoms with Crippen LogP contribution in [-0.4, -0.2) is 28.4 Å². The fourth-order valence-electron chi connectivity index (χ4n) is 2.96. The number of nitrogens with zero attached hydrogens (tertiary/aromatic N) is 2. The molecule has 0 spiro atoms. The van der Waals surface area contributed by atoms with E-state index in [0.717, 1.165) is 10.9 Å². The van der Waals surface area contributed by atoms with Gasteiger partial charge in [-0.2, -0.15) is 0 Å². The van der Waals surface area contributed by atoms with Crippen molar-refractivity contribution in [2.24, 2.45) is 0 Å². The molecule has 1 N–H and O–H groups in total. The van der Waals surface area contributed by atoms with Gasteiger partial charge in [0, 0.05) is 11.5 Å². The number of aryl methyl sites for hydroxylation is 2. The van der Waals surface area contributed by atoms with Crippen molar-refractivity contribution in [1.82, 2.24) is 4.98 Å². The number of pyridine rings is 1. The van der Waals surface area contributed by atoms with E-state index in [1.165, 1.54) is 18.2 Å². The van der Waals surface area contributed by atoms with Gasteiger partial charge in [-0.1, -0.05) is 30.3 Å². The Hall–Kier alpha value is -3.81. The molecule has 0 aliphatic heterocycles. The minimum Gasteiger partial charge on any atom is -0.452 e. The highest BCUT2D eigenvalue weighted by atomic mass is 16.6. The summed E-state index contributed by atoms with van der Waals surface area (Å²) >= 11 is 0. The van der Waals surface area contributed by atoms with E-state index in [0.29, 0.717) is 16.8 Å². The highest BCUT2D eigenvalue weighted by Crippen LogP contribution is 2.24. The SMILES string of the molecule is Cc1nc2ccccc2c(C)c1C(=O)OCC(=O)Nc1ccccc1[N+](=O)[O-]. The summed E-state index contributed by atoms with van der Waals surface area (Å²) in [6.45, 7) is 2.92. The molecule has 0 bridgehead atoms. The predicted molar refractivity (Wildman–Crippen MR) is 103 cm³/mol. The van der Waals surface area contributed by atoms with E-state index in [9.17, 15) is 19.7 Å². The molecule has 0 unspecified atom stereocenters. The standard InChI is InChI=1S/C20H17N3O5/c1-12-14-7-3-4-8-15(14)21-13(2)19(12)20(25)28-11-18(24)22-16-9-5-6-10-17(16)23(26)27/h3-10H,11H2,1-2H3,(H,22,24). The lowest BCUT2D eigenvalue weighted by atomic mass is 10.0. The van der Waals surface area contributed by atoms with Crippen LogP contribution in [0.15, 0.2) is 48.5 Å². The number of anilines is 1. The smallest absolute Gasteiger partial charge is 0.340 e. The maximum atomic E-state index is 12.5. The predicted octanol–water partition coefficient (Wildman–Crippen LogP) is 3.56. The number of carbonyl (C=O) groups is 2. The van der Waals surface area contributed by atoms with E-state index in [-0.39, 0.29) is 11.4 Å². The van der Waals surface area contributed by atoms with Gasteiger partial charge < -0.3 is 10.1 Å². The fourth-order valence-corrected chi connectivity index (χ4v) is 2.96. The minimum absolute atomic E-state index is 0.0354. The third kappa shape index (κ3) is 3.80. The highest BCUT2D eigenvalue weighted by Gasteiger charge is 2.20. The Kier molecular flexibility index (Phi) is 5.30. The lowest BCUT2D eigenvalue weighted by Crippen LogP contribution is -2.22. The van der Waals surface area contributed by atoms with Gasteiger partial charge in [0.15, 0.2) is 6.61 Å². The summed E-state index contributed by atoms with van der Waals surface area (Å²) in [5, 5.41) is 14.2. The Morgan fingerprint density at radius 3 is 2.54 bits per heavy atom. The number of carbonyl (C=O) groups excluding carboxylic acids is 2. The van der Waals surface area contributed by atoms with Crippen molar-refractivity contribution in [3.63, 3.8) is 0 Å². The van der Waals surface area contributed by atoms with Crippen LogP contribution in [0.1, 0.15) is 21.6 Å². The Morgan fingerprint density at radius 2 is 1.79 bits per heavy atom. The molecule has 0 radical (unpaired) electrons. The number of hydrogen-bond acceptors (Lipinski definition) is 6. The first-order valence-corrected chi connectivity index (χ1v) is 8.45. The number of fused-ring (bicyclic) bond motifs is 1. The second-order valence-electron chi connectivity index (χ2n) is 6.11. The number of esters is 1. The van der Waals surface area contributed by atoms with Crippen LogP contribution in [0.5, 0.6) is 0 Å². The number of hydrogen-bond donors (Lipinski definition) is 1. The number of nitrogens with one attached hydrogen (secondary N) is 1. The maximum absolute atomic E-state index is 12.5. The number of ether oxygens (including phenoxy) is 1. The number of para-hydroxylation sites is 3. The van der Waals surface area contributed by atoms with Crippen molar-refractivity contribution >= 4 is 34.2 Å². The van der Waals surface area contributed by atoms with Gasteiger partial charge in [0.2, 0.25) is 0 Å². The zero-order chi connectivity index (χ0) is 20.3. The average molecular weight is 379 g/mol. The summed E-state index contributed by atoms with van der Waals surface area (Å²) in [7, 11) is 0. The van der Waals surface area contributed by atoms with Crippen molar-refractivity contribution in [3.05, 3.63) is 75.5 Å². The quantitative estimate of drug-likeness (QED) is 0.412. The molecule has 0 aliphatic carbocycles. The molecule has 8 nitrogen and oxygen atoms in total. The Bertz CT molecular complexity index is 1090. The van der Waals surface area contributed by atoms with Crippen LogP contribution >= 0.6 is 0 Å². The first-order valence-electron chi connectivity index (χ1n) is 8.45. The van der Waals surface area contributed by atoms with Crippen LogP contribution in [0.4, 0.5) is 11.4 Å². The average Bonchev–Trinajstić information content (AvgIpc) is 2.66. The number of nitro groups is 1. The zero-order valence-corrected chi connectivity index (χ0v) is 15.3. The second kappa shape index (κ2) is 7.83. The topological polar surface area (TPSA) is 111 Å². The number of rotatable bonds is 5. The fraction of sp³-hybridized carbons (Fsp3) is 0.150. The molecule has 3 rings (SSSR count). The minimum atomic E-state index is -0.675. The summed E-state index contributed by atoms with van der Waals surface area (Å²) in [5.74, 6) is -1.35. The van der Waals surface area contributed by atoms with Gasteiger partial charge in [0.05, 0.1) is 21.7 Å². The van der Waals surface area contributed by atoms with Crippen LogP contribution in [-0.2, 0) is 9.53 Å². The van der Waals surface area contributed by atoms with Crippen molar-refractivity contribution < 1.29 is 19.2 Å². The van der Waals surface area contributed by atoms with Gasteiger partial charge in [0.1, 0.15) is 5.69 Å². The van der Waals surface area contributed by atoms with Crippen molar-refractivity contribution in [3.8, 4) is 0 Å². The Morgan fingerprint density at radius 1 is 1.11 bits per heavy atom. The third-order valence-corrected chi connectivity index (χ3v) is 4.25. The largest absolute Gasteiger partial charge is 0.452 e. The number of nitro benzene ring substituents is 1. The Balaban J connectivity index is 1.74. The second-order valence-corrected chi connectivity index (χ2v) is 6.11. The number of amides is 1. The highest BCUT2D eigenvalue weighted by molar-refractivity contribution is 6.00. The van der Waals surface area contributed by atoms with E-state index in [1.807, 2.05) is 24.3 Å². The summed E-state index contributed by atoms with van der Waals surface area (Å²) < 4.78 is 5.11. The first-order chi connectivity index (χ1) is 13.4. The Labute approximate surface area is 160 Å². The van der Waals surface area contributed by atoms with Crippen molar-refractivity contribution in [2.45, 2.75) is 13.8 Å².